The van der Waals surface area contributed by atoms with Crippen LogP contribution in [0, 0.1) is 6.92 Å². The second kappa shape index (κ2) is 7.70. The molecule has 26 heavy (non-hydrogen) atoms. The fourth-order valence-corrected chi connectivity index (χ4v) is 3.33. The lowest BCUT2D eigenvalue weighted by molar-refractivity contribution is -0.136. The van der Waals surface area contributed by atoms with Gasteiger partial charge in [0.1, 0.15) is 5.65 Å². The fourth-order valence-electron chi connectivity index (χ4n) is 3.12. The van der Waals surface area contributed by atoms with Gasteiger partial charge < -0.3 is 10.1 Å². The molecule has 2 N–H and O–H groups in total. The number of nitrogens with zero attached hydrogens (tertiary/aromatic N) is 1. The predicted molar refractivity (Wildman–Crippen MR) is 102 cm³/mol. The van der Waals surface area contributed by atoms with Gasteiger partial charge in [0.15, 0.2) is 0 Å². The number of benzene rings is 1. The molecule has 2 aromatic heterocycles. The third-order valence-corrected chi connectivity index (χ3v) is 4.61. The molecule has 0 saturated heterocycles. The second-order valence-electron chi connectivity index (χ2n) is 6.28. The molecule has 0 unspecified atom stereocenters. The van der Waals surface area contributed by atoms with Crippen LogP contribution >= 0.6 is 11.6 Å². The number of fused-ring (bicyclic) bond motifs is 1. The molecule has 134 valence electrons. The molecule has 3 aromatic rings. The summed E-state index contributed by atoms with van der Waals surface area (Å²) in [4.78, 5) is 30.7. The number of aromatic amines is 1. The third kappa shape index (κ3) is 4.11. The maximum absolute atomic E-state index is 12.5. The zero-order valence-electron chi connectivity index (χ0n) is 14.4. The lowest BCUT2D eigenvalue weighted by Gasteiger charge is -2.12. The number of aromatic nitrogens is 2. The van der Waals surface area contributed by atoms with Crippen LogP contribution in [0.2, 0.25) is 5.02 Å². The first-order valence-electron chi connectivity index (χ1n) is 8.41. The van der Waals surface area contributed by atoms with E-state index in [1.807, 2.05) is 43.3 Å². The van der Waals surface area contributed by atoms with Crippen LogP contribution in [0.5, 0.6) is 0 Å². The van der Waals surface area contributed by atoms with Gasteiger partial charge in [0.2, 0.25) is 0 Å². The van der Waals surface area contributed by atoms with Crippen molar-refractivity contribution in [3.8, 4) is 0 Å². The van der Waals surface area contributed by atoms with Crippen LogP contribution in [0.4, 0.5) is 0 Å². The summed E-state index contributed by atoms with van der Waals surface area (Å²) in [5, 5.41) is 10.5. The molecular formula is C20H19ClN2O3. The Balaban J connectivity index is 2.04. The van der Waals surface area contributed by atoms with E-state index in [9.17, 15) is 9.59 Å². The van der Waals surface area contributed by atoms with Crippen LogP contribution in [-0.2, 0) is 24.1 Å². The Morgan fingerprint density at radius 2 is 1.96 bits per heavy atom. The second-order valence-corrected chi connectivity index (χ2v) is 6.72. The number of hydrogen-bond donors (Lipinski definition) is 2. The van der Waals surface area contributed by atoms with Gasteiger partial charge in [0, 0.05) is 28.1 Å². The molecule has 2 heterocycles. The zero-order chi connectivity index (χ0) is 18.7. The number of nitrogens with one attached hydrogen (secondary N) is 1. The van der Waals surface area contributed by atoms with Crippen molar-refractivity contribution >= 4 is 28.6 Å². The Hall–Kier alpha value is -2.66. The highest BCUT2D eigenvalue weighted by Gasteiger charge is 2.15. The van der Waals surface area contributed by atoms with Crippen molar-refractivity contribution < 1.29 is 9.90 Å². The summed E-state index contributed by atoms with van der Waals surface area (Å²) in [7, 11) is 0. The molecule has 0 aliphatic heterocycles. The highest BCUT2D eigenvalue weighted by molar-refractivity contribution is 6.30. The van der Waals surface area contributed by atoms with E-state index in [0.717, 1.165) is 22.2 Å². The lowest BCUT2D eigenvalue weighted by Crippen LogP contribution is -2.18. The van der Waals surface area contributed by atoms with Gasteiger partial charge in [-0.3, -0.25) is 9.59 Å². The average Bonchev–Trinajstić information content (AvgIpc) is 2.58. The highest BCUT2D eigenvalue weighted by atomic mass is 35.5. The number of carbonyl (C=O) groups is 1. The van der Waals surface area contributed by atoms with Crippen LogP contribution in [0.15, 0.2) is 41.2 Å². The fraction of sp³-hybridized carbons (Fsp3) is 0.250. The first-order chi connectivity index (χ1) is 12.4. The molecule has 0 radical (unpaired) electrons. The summed E-state index contributed by atoms with van der Waals surface area (Å²) < 4.78 is 0. The summed E-state index contributed by atoms with van der Waals surface area (Å²) in [6.07, 6.45) is 1.42. The van der Waals surface area contributed by atoms with E-state index in [1.165, 1.54) is 0 Å². The quantitative estimate of drug-likeness (QED) is 0.693. The minimum absolute atomic E-state index is 0.0853. The summed E-state index contributed by atoms with van der Waals surface area (Å²) in [5.74, 6) is -0.924. The molecule has 0 saturated carbocycles. The van der Waals surface area contributed by atoms with E-state index in [1.54, 1.807) is 0 Å². The minimum Gasteiger partial charge on any atom is -0.481 e. The summed E-state index contributed by atoms with van der Waals surface area (Å²) in [6.45, 7) is 1.86. The molecule has 5 nitrogen and oxygen atoms in total. The van der Waals surface area contributed by atoms with Gasteiger partial charge in [0.25, 0.3) is 5.56 Å². The number of halogens is 1. The van der Waals surface area contributed by atoms with Gasteiger partial charge in [0.05, 0.1) is 0 Å². The summed E-state index contributed by atoms with van der Waals surface area (Å²) in [6, 6.07) is 11.4. The van der Waals surface area contributed by atoms with Gasteiger partial charge in [-0.05, 0) is 61.6 Å². The summed E-state index contributed by atoms with van der Waals surface area (Å²) >= 11 is 6.05. The first kappa shape index (κ1) is 18.1. The van der Waals surface area contributed by atoms with Gasteiger partial charge in [-0.25, -0.2) is 4.98 Å². The third-order valence-electron chi connectivity index (χ3n) is 4.37. The Morgan fingerprint density at radius 3 is 2.69 bits per heavy atom. The number of aryl methyl sites for hydroxylation is 3. The van der Waals surface area contributed by atoms with E-state index < -0.39 is 5.97 Å². The van der Waals surface area contributed by atoms with E-state index >= 15 is 0 Å². The molecule has 0 atom stereocenters. The van der Waals surface area contributed by atoms with Crippen molar-refractivity contribution in [2.24, 2.45) is 0 Å². The molecule has 0 aliphatic carbocycles. The van der Waals surface area contributed by atoms with Crippen molar-refractivity contribution in [1.82, 2.24) is 9.97 Å². The molecule has 0 aliphatic rings. The molecule has 0 amide bonds. The van der Waals surface area contributed by atoms with Crippen molar-refractivity contribution in [2.45, 2.75) is 32.6 Å². The Kier molecular flexibility index (Phi) is 5.38. The van der Waals surface area contributed by atoms with Crippen molar-refractivity contribution in [3.05, 3.63) is 74.2 Å². The molecule has 0 fully saturated rings. The number of carboxylic acid groups (broad SMARTS) is 1. The highest BCUT2D eigenvalue weighted by Crippen LogP contribution is 2.21. The standard InChI is InChI=1S/C20H19ClN2O3/c1-12-5-7-16-15(8-6-13-3-2-4-14(21)11-13)17(9-10-18(24)25)20(26)23-19(16)22-12/h2-5,7,11H,6,8-10H2,1H3,(H,24,25)(H,22,23,26). The Bertz CT molecular complexity index is 1030. The van der Waals surface area contributed by atoms with E-state index in [0.29, 0.717) is 29.1 Å². The van der Waals surface area contributed by atoms with Gasteiger partial charge in [-0.15, -0.1) is 0 Å². The smallest absolute Gasteiger partial charge is 0.303 e. The normalized spacial score (nSPS) is 11.0. The largest absolute Gasteiger partial charge is 0.481 e. The molecule has 0 spiro atoms. The number of rotatable bonds is 6. The molecule has 3 rings (SSSR count). The van der Waals surface area contributed by atoms with Gasteiger partial charge in [-0.2, -0.15) is 0 Å². The number of hydrogen-bond acceptors (Lipinski definition) is 3. The Labute approximate surface area is 155 Å². The number of carboxylic acids is 1. The monoisotopic (exact) mass is 370 g/mol. The number of H-pyrrole nitrogens is 1. The molecular weight excluding hydrogens is 352 g/mol. The Morgan fingerprint density at radius 1 is 1.15 bits per heavy atom. The first-order valence-corrected chi connectivity index (χ1v) is 8.79. The SMILES string of the molecule is Cc1ccc2c(CCc3cccc(Cl)c3)c(CCC(=O)O)c(=O)[nH]c2n1. The van der Waals surface area contributed by atoms with Gasteiger partial charge >= 0.3 is 5.97 Å². The zero-order valence-corrected chi connectivity index (χ0v) is 15.1. The predicted octanol–water partition coefficient (Wildman–Crippen LogP) is 3.69. The average molecular weight is 371 g/mol. The topological polar surface area (TPSA) is 83.0 Å². The van der Waals surface area contributed by atoms with E-state index in [-0.39, 0.29) is 18.4 Å². The maximum atomic E-state index is 12.5. The summed E-state index contributed by atoms with van der Waals surface area (Å²) in [5.41, 5.74) is 3.53. The van der Waals surface area contributed by atoms with Crippen LogP contribution in [0.25, 0.3) is 11.0 Å². The molecule has 6 heteroatoms. The minimum atomic E-state index is -0.924. The van der Waals surface area contributed by atoms with Crippen molar-refractivity contribution in [3.63, 3.8) is 0 Å². The van der Waals surface area contributed by atoms with Crippen LogP contribution < -0.4 is 5.56 Å². The van der Waals surface area contributed by atoms with Crippen LogP contribution in [-0.4, -0.2) is 21.0 Å². The van der Waals surface area contributed by atoms with E-state index in [2.05, 4.69) is 9.97 Å². The molecule has 1 aromatic carbocycles. The van der Waals surface area contributed by atoms with E-state index in [4.69, 9.17) is 16.7 Å². The van der Waals surface area contributed by atoms with Crippen molar-refractivity contribution in [2.75, 3.05) is 0 Å². The number of pyridine rings is 2. The number of aliphatic carboxylic acids is 1. The maximum Gasteiger partial charge on any atom is 0.303 e. The van der Waals surface area contributed by atoms with Crippen LogP contribution in [0.3, 0.4) is 0 Å². The molecule has 0 bridgehead atoms. The van der Waals surface area contributed by atoms with Crippen molar-refractivity contribution in [1.29, 1.82) is 0 Å². The van der Waals surface area contributed by atoms with Crippen LogP contribution in [0.1, 0.15) is 28.8 Å². The lowest BCUT2D eigenvalue weighted by atomic mass is 9.95. The van der Waals surface area contributed by atoms with Gasteiger partial charge in [-0.1, -0.05) is 23.7 Å².